The Kier molecular flexibility index (Phi) is 4.56. The third-order valence-corrected chi connectivity index (χ3v) is 3.59. The van der Waals surface area contributed by atoms with Gasteiger partial charge < -0.3 is 5.73 Å². The highest BCUT2D eigenvalue weighted by molar-refractivity contribution is 6.31. The molecule has 2 rings (SSSR count). The third kappa shape index (κ3) is 3.33. The van der Waals surface area contributed by atoms with Crippen LogP contribution in [-0.2, 0) is 26.3 Å². The van der Waals surface area contributed by atoms with E-state index in [0.29, 0.717) is 6.42 Å². The minimum Gasteiger partial charge on any atom is -0.327 e. The predicted molar refractivity (Wildman–Crippen MR) is 77.2 cm³/mol. The highest BCUT2D eigenvalue weighted by Crippen LogP contribution is 2.22. The van der Waals surface area contributed by atoms with Gasteiger partial charge in [0.15, 0.2) is 0 Å². The summed E-state index contributed by atoms with van der Waals surface area (Å²) in [6.45, 7) is 2.05. The van der Waals surface area contributed by atoms with Crippen LogP contribution in [0, 0.1) is 0 Å². The minimum absolute atomic E-state index is 0.00694. The van der Waals surface area contributed by atoms with Crippen LogP contribution in [0.3, 0.4) is 0 Å². The lowest BCUT2D eigenvalue weighted by molar-refractivity contribution is 0.606. The standard InChI is InChI=1S/C14H19ClN4/c1-3-12-14(15)13(19(2)18-12)9-10(16)8-11-6-4-5-7-17-11/h4-7,10H,3,8-9,16H2,1-2H3. The molecule has 0 radical (unpaired) electrons. The van der Waals surface area contributed by atoms with Crippen molar-refractivity contribution in [2.45, 2.75) is 32.2 Å². The van der Waals surface area contributed by atoms with Crippen molar-refractivity contribution in [2.24, 2.45) is 12.8 Å². The third-order valence-electron chi connectivity index (χ3n) is 3.16. The van der Waals surface area contributed by atoms with Gasteiger partial charge in [-0.05, 0) is 18.6 Å². The second kappa shape index (κ2) is 6.17. The topological polar surface area (TPSA) is 56.7 Å². The second-order valence-electron chi connectivity index (χ2n) is 4.67. The Morgan fingerprint density at radius 2 is 2.16 bits per heavy atom. The summed E-state index contributed by atoms with van der Waals surface area (Å²) in [7, 11) is 1.91. The van der Waals surface area contributed by atoms with Gasteiger partial charge in [0.2, 0.25) is 0 Å². The highest BCUT2D eigenvalue weighted by atomic mass is 35.5. The van der Waals surface area contributed by atoms with Crippen molar-refractivity contribution in [3.05, 3.63) is 46.5 Å². The lowest BCUT2D eigenvalue weighted by Gasteiger charge is -2.11. The van der Waals surface area contributed by atoms with Crippen LogP contribution in [0.2, 0.25) is 5.02 Å². The Hall–Kier alpha value is -1.39. The quantitative estimate of drug-likeness (QED) is 0.912. The zero-order valence-electron chi connectivity index (χ0n) is 11.3. The number of nitrogens with two attached hydrogens (primary N) is 1. The van der Waals surface area contributed by atoms with Crippen molar-refractivity contribution in [3.8, 4) is 0 Å². The zero-order valence-corrected chi connectivity index (χ0v) is 12.1. The molecule has 0 fully saturated rings. The summed E-state index contributed by atoms with van der Waals surface area (Å²) in [5.74, 6) is 0. The number of pyridine rings is 1. The minimum atomic E-state index is -0.00694. The monoisotopic (exact) mass is 278 g/mol. The van der Waals surface area contributed by atoms with Gasteiger partial charge >= 0.3 is 0 Å². The Bertz CT molecular complexity index is 536. The van der Waals surface area contributed by atoms with E-state index in [1.165, 1.54) is 0 Å². The van der Waals surface area contributed by atoms with Crippen LogP contribution in [0.25, 0.3) is 0 Å². The van der Waals surface area contributed by atoms with Gasteiger partial charge in [-0.25, -0.2) is 0 Å². The van der Waals surface area contributed by atoms with Crippen molar-refractivity contribution in [2.75, 3.05) is 0 Å². The van der Waals surface area contributed by atoms with E-state index in [1.54, 1.807) is 6.20 Å². The molecule has 4 nitrogen and oxygen atoms in total. The first kappa shape index (κ1) is 14.0. The summed E-state index contributed by atoms with van der Waals surface area (Å²) in [5, 5.41) is 5.15. The molecule has 2 N–H and O–H groups in total. The van der Waals surface area contributed by atoms with E-state index in [4.69, 9.17) is 17.3 Å². The van der Waals surface area contributed by atoms with Crippen LogP contribution in [0.1, 0.15) is 24.0 Å². The molecule has 0 saturated carbocycles. The molecule has 0 aliphatic rings. The molecule has 0 aliphatic carbocycles. The summed E-state index contributed by atoms with van der Waals surface area (Å²) in [4.78, 5) is 4.29. The average Bonchev–Trinajstić information content (AvgIpc) is 2.67. The van der Waals surface area contributed by atoms with Gasteiger partial charge in [0, 0.05) is 37.8 Å². The zero-order chi connectivity index (χ0) is 13.8. The van der Waals surface area contributed by atoms with Gasteiger partial charge in [0.05, 0.1) is 16.4 Å². The number of hydrogen-bond donors (Lipinski definition) is 1. The van der Waals surface area contributed by atoms with E-state index in [-0.39, 0.29) is 6.04 Å². The molecule has 102 valence electrons. The number of halogens is 1. The fraction of sp³-hybridized carbons (Fsp3) is 0.429. The molecule has 0 spiro atoms. The fourth-order valence-electron chi connectivity index (χ4n) is 2.15. The smallest absolute Gasteiger partial charge is 0.0850 e. The summed E-state index contributed by atoms with van der Waals surface area (Å²) < 4.78 is 1.83. The molecule has 0 bridgehead atoms. The molecule has 2 aromatic heterocycles. The van der Waals surface area contributed by atoms with E-state index < -0.39 is 0 Å². The number of nitrogens with zero attached hydrogens (tertiary/aromatic N) is 3. The Labute approximate surface area is 118 Å². The molecule has 0 aromatic carbocycles. The SMILES string of the molecule is CCc1nn(C)c(CC(N)Cc2ccccn2)c1Cl. The maximum absolute atomic E-state index is 6.32. The first-order valence-electron chi connectivity index (χ1n) is 6.47. The van der Waals surface area contributed by atoms with Gasteiger partial charge in [-0.1, -0.05) is 24.6 Å². The van der Waals surface area contributed by atoms with Gasteiger partial charge in [-0.3, -0.25) is 9.67 Å². The summed E-state index contributed by atoms with van der Waals surface area (Å²) in [5.41, 5.74) is 9.13. The van der Waals surface area contributed by atoms with Crippen LogP contribution < -0.4 is 5.73 Å². The van der Waals surface area contributed by atoms with Crippen molar-refractivity contribution in [1.82, 2.24) is 14.8 Å². The maximum atomic E-state index is 6.32. The molecule has 0 aliphatic heterocycles. The van der Waals surface area contributed by atoms with Crippen LogP contribution in [0.5, 0.6) is 0 Å². The van der Waals surface area contributed by atoms with Crippen LogP contribution in [-0.4, -0.2) is 20.8 Å². The second-order valence-corrected chi connectivity index (χ2v) is 5.05. The number of aromatic nitrogens is 3. The molecule has 2 heterocycles. The van der Waals surface area contributed by atoms with E-state index >= 15 is 0 Å². The fourth-order valence-corrected chi connectivity index (χ4v) is 2.52. The largest absolute Gasteiger partial charge is 0.327 e. The lowest BCUT2D eigenvalue weighted by atomic mass is 10.1. The van der Waals surface area contributed by atoms with Crippen molar-refractivity contribution < 1.29 is 0 Å². The van der Waals surface area contributed by atoms with E-state index in [2.05, 4.69) is 10.1 Å². The summed E-state index contributed by atoms with van der Waals surface area (Å²) in [6.07, 6.45) is 4.07. The molecule has 0 saturated heterocycles. The Morgan fingerprint density at radius 1 is 1.37 bits per heavy atom. The normalized spacial score (nSPS) is 12.6. The number of hydrogen-bond acceptors (Lipinski definition) is 3. The lowest BCUT2D eigenvalue weighted by Crippen LogP contribution is -2.27. The van der Waals surface area contributed by atoms with Gasteiger partial charge in [-0.15, -0.1) is 0 Å². The van der Waals surface area contributed by atoms with Gasteiger partial charge in [-0.2, -0.15) is 5.10 Å². The maximum Gasteiger partial charge on any atom is 0.0850 e. The number of aryl methyl sites for hydroxylation is 2. The first-order chi connectivity index (χ1) is 9.11. The highest BCUT2D eigenvalue weighted by Gasteiger charge is 2.16. The molecule has 1 atom stereocenters. The number of rotatable bonds is 5. The van der Waals surface area contributed by atoms with Crippen molar-refractivity contribution in [3.63, 3.8) is 0 Å². The average molecular weight is 279 g/mol. The summed E-state index contributed by atoms with van der Waals surface area (Å²) in [6, 6.07) is 5.86. The van der Waals surface area contributed by atoms with Crippen LogP contribution in [0.15, 0.2) is 24.4 Å². The van der Waals surface area contributed by atoms with Crippen molar-refractivity contribution >= 4 is 11.6 Å². The van der Waals surface area contributed by atoms with E-state index in [0.717, 1.165) is 34.9 Å². The van der Waals surface area contributed by atoms with E-state index in [1.807, 2.05) is 36.9 Å². The van der Waals surface area contributed by atoms with Crippen molar-refractivity contribution in [1.29, 1.82) is 0 Å². The van der Waals surface area contributed by atoms with Gasteiger partial charge in [0.25, 0.3) is 0 Å². The Balaban J connectivity index is 2.07. The van der Waals surface area contributed by atoms with Crippen LogP contribution in [0.4, 0.5) is 0 Å². The molecule has 1 unspecified atom stereocenters. The molecule has 2 aromatic rings. The molecule has 19 heavy (non-hydrogen) atoms. The molecule has 5 heteroatoms. The molecular formula is C14H19ClN4. The Morgan fingerprint density at radius 3 is 2.74 bits per heavy atom. The first-order valence-corrected chi connectivity index (χ1v) is 6.85. The molecule has 0 amide bonds. The van der Waals surface area contributed by atoms with Crippen LogP contribution >= 0.6 is 11.6 Å². The van der Waals surface area contributed by atoms with Gasteiger partial charge in [0.1, 0.15) is 0 Å². The van der Waals surface area contributed by atoms with E-state index in [9.17, 15) is 0 Å². The predicted octanol–water partition coefficient (Wildman–Crippen LogP) is 2.14. The summed E-state index contributed by atoms with van der Waals surface area (Å²) >= 11 is 6.32. The molecular weight excluding hydrogens is 260 g/mol.